The van der Waals surface area contributed by atoms with Gasteiger partial charge >= 0.3 is 6.18 Å². The number of alkyl halides is 3. The van der Waals surface area contributed by atoms with Crippen molar-refractivity contribution >= 4 is 52.2 Å². The van der Waals surface area contributed by atoms with E-state index in [-0.39, 0.29) is 39.5 Å². The Hall–Kier alpha value is -4.23. The summed E-state index contributed by atoms with van der Waals surface area (Å²) in [5.41, 5.74) is -0.367. The van der Waals surface area contributed by atoms with Gasteiger partial charge in [-0.1, -0.05) is 23.7 Å². The number of carbonyl (C=O) groups excluding carboxylic acids is 3. The van der Waals surface area contributed by atoms with Crippen LogP contribution in [0.3, 0.4) is 0 Å². The standard InChI is InChI=1S/C28H21ClF4N2O6S/c1-39-21-7-6-17(28(31,32)33)12-20(21)34-24(36)13-35-26(37)23(42-27(35)38)11-16-9-19(29)25(22(10-16)40-2)41-14-15-4-3-5-18(30)8-15/h3-12H,13-14H2,1-2H3,(H,34,36)/b23-11-. The molecular formula is C28H21ClF4N2O6S. The van der Waals surface area contributed by atoms with Crippen LogP contribution in [0.2, 0.25) is 5.02 Å². The third-order valence-corrected chi connectivity index (χ3v) is 6.99. The lowest BCUT2D eigenvalue weighted by molar-refractivity contribution is -0.137. The average molecular weight is 625 g/mol. The third-order valence-electron chi connectivity index (χ3n) is 5.80. The fourth-order valence-electron chi connectivity index (χ4n) is 3.85. The molecule has 3 amide bonds. The molecule has 0 bridgehead atoms. The summed E-state index contributed by atoms with van der Waals surface area (Å²) in [5.74, 6) is -1.79. The number of nitrogens with one attached hydrogen (secondary N) is 1. The predicted octanol–water partition coefficient (Wildman–Crippen LogP) is 6.77. The highest BCUT2D eigenvalue weighted by Crippen LogP contribution is 2.40. The normalized spacial score (nSPS) is 14.4. The second-order valence-corrected chi connectivity index (χ2v) is 10.1. The number of amides is 3. The van der Waals surface area contributed by atoms with Gasteiger partial charge in [-0.15, -0.1) is 0 Å². The average Bonchev–Trinajstić information content (AvgIpc) is 3.18. The van der Waals surface area contributed by atoms with Gasteiger partial charge in [-0.3, -0.25) is 19.3 Å². The van der Waals surface area contributed by atoms with Crippen LogP contribution in [0.4, 0.5) is 28.0 Å². The molecule has 8 nitrogen and oxygen atoms in total. The first kappa shape index (κ1) is 30.7. The number of hydrogen-bond donors (Lipinski definition) is 1. The number of nitrogens with zero attached hydrogens (tertiary/aromatic N) is 1. The van der Waals surface area contributed by atoms with Crippen molar-refractivity contribution in [2.45, 2.75) is 12.8 Å². The van der Waals surface area contributed by atoms with E-state index in [4.69, 9.17) is 25.8 Å². The van der Waals surface area contributed by atoms with Crippen molar-refractivity contribution in [2.75, 3.05) is 26.1 Å². The number of hydrogen-bond acceptors (Lipinski definition) is 7. The maximum absolute atomic E-state index is 13.5. The molecule has 220 valence electrons. The highest BCUT2D eigenvalue weighted by atomic mass is 35.5. The molecule has 42 heavy (non-hydrogen) atoms. The van der Waals surface area contributed by atoms with Crippen LogP contribution < -0.4 is 19.5 Å². The molecule has 0 radical (unpaired) electrons. The third kappa shape index (κ3) is 7.15. The minimum atomic E-state index is -4.67. The van der Waals surface area contributed by atoms with E-state index in [1.54, 1.807) is 6.07 Å². The molecule has 3 aromatic rings. The first-order valence-electron chi connectivity index (χ1n) is 11.9. The number of anilines is 1. The second kappa shape index (κ2) is 12.7. The van der Waals surface area contributed by atoms with E-state index in [2.05, 4.69) is 5.32 Å². The number of imide groups is 1. The Morgan fingerprint density at radius 3 is 2.45 bits per heavy atom. The number of carbonyl (C=O) groups is 3. The van der Waals surface area contributed by atoms with Gasteiger partial charge in [0.15, 0.2) is 11.5 Å². The molecule has 0 aromatic heterocycles. The van der Waals surface area contributed by atoms with Gasteiger partial charge in [0.05, 0.1) is 35.4 Å². The zero-order valence-corrected chi connectivity index (χ0v) is 23.5. The molecule has 0 aliphatic carbocycles. The maximum atomic E-state index is 13.5. The Balaban J connectivity index is 1.48. The summed E-state index contributed by atoms with van der Waals surface area (Å²) < 4.78 is 68.9. The molecule has 1 N–H and O–H groups in total. The molecule has 4 rings (SSSR count). The van der Waals surface area contributed by atoms with E-state index in [1.165, 1.54) is 50.6 Å². The van der Waals surface area contributed by atoms with Crippen LogP contribution in [0.1, 0.15) is 16.7 Å². The Labute approximate surface area is 246 Å². The largest absolute Gasteiger partial charge is 0.495 e. The summed E-state index contributed by atoms with van der Waals surface area (Å²) in [7, 11) is 2.58. The number of rotatable bonds is 9. The quantitative estimate of drug-likeness (QED) is 0.207. The van der Waals surface area contributed by atoms with E-state index in [1.807, 2.05) is 0 Å². The van der Waals surface area contributed by atoms with Crippen LogP contribution in [0.25, 0.3) is 6.08 Å². The topological polar surface area (TPSA) is 94.2 Å². The lowest BCUT2D eigenvalue weighted by atomic mass is 10.1. The zero-order valence-electron chi connectivity index (χ0n) is 21.9. The molecule has 0 unspecified atom stereocenters. The Kier molecular flexibility index (Phi) is 9.32. The Bertz CT molecular complexity index is 1580. The number of halogens is 5. The Morgan fingerprint density at radius 2 is 1.79 bits per heavy atom. The van der Waals surface area contributed by atoms with Crippen molar-refractivity contribution in [3.63, 3.8) is 0 Å². The van der Waals surface area contributed by atoms with Gasteiger partial charge in [0.1, 0.15) is 24.7 Å². The van der Waals surface area contributed by atoms with E-state index in [9.17, 15) is 31.9 Å². The van der Waals surface area contributed by atoms with Gasteiger partial charge in [0.25, 0.3) is 11.1 Å². The minimum absolute atomic E-state index is 0.000509. The lowest BCUT2D eigenvalue weighted by Gasteiger charge is -2.16. The van der Waals surface area contributed by atoms with Crippen LogP contribution in [0.15, 0.2) is 59.5 Å². The molecular weight excluding hydrogens is 604 g/mol. The predicted molar refractivity (Wildman–Crippen MR) is 148 cm³/mol. The molecule has 0 atom stereocenters. The van der Waals surface area contributed by atoms with E-state index in [0.29, 0.717) is 33.9 Å². The van der Waals surface area contributed by atoms with Crippen molar-refractivity contribution in [3.05, 3.63) is 87.0 Å². The van der Waals surface area contributed by atoms with Gasteiger partial charge in [-0.25, -0.2) is 4.39 Å². The van der Waals surface area contributed by atoms with Gasteiger partial charge in [-0.05, 0) is 71.4 Å². The molecule has 14 heteroatoms. The molecule has 0 spiro atoms. The van der Waals surface area contributed by atoms with Crippen LogP contribution in [-0.2, 0) is 22.4 Å². The smallest absolute Gasteiger partial charge is 0.416 e. The first-order chi connectivity index (χ1) is 19.9. The van der Waals surface area contributed by atoms with Crippen LogP contribution >= 0.6 is 23.4 Å². The minimum Gasteiger partial charge on any atom is -0.495 e. The zero-order chi connectivity index (χ0) is 30.6. The van der Waals surface area contributed by atoms with Crippen molar-refractivity contribution in [2.24, 2.45) is 0 Å². The molecule has 0 saturated carbocycles. The number of benzene rings is 3. The molecule has 3 aromatic carbocycles. The second-order valence-electron chi connectivity index (χ2n) is 8.68. The molecule has 1 heterocycles. The summed E-state index contributed by atoms with van der Waals surface area (Å²) in [6.07, 6.45) is -3.30. The molecule has 1 saturated heterocycles. The van der Waals surface area contributed by atoms with Gasteiger partial charge in [-0.2, -0.15) is 13.2 Å². The highest BCUT2D eigenvalue weighted by molar-refractivity contribution is 8.18. The van der Waals surface area contributed by atoms with E-state index < -0.39 is 41.2 Å². The summed E-state index contributed by atoms with van der Waals surface area (Å²) in [6.45, 7) is -0.751. The van der Waals surface area contributed by atoms with Crippen LogP contribution in [-0.4, -0.2) is 42.7 Å². The summed E-state index contributed by atoms with van der Waals surface area (Å²) in [6, 6.07) is 11.3. The van der Waals surface area contributed by atoms with E-state index >= 15 is 0 Å². The first-order valence-corrected chi connectivity index (χ1v) is 13.1. The van der Waals surface area contributed by atoms with Gasteiger partial charge in [0.2, 0.25) is 5.91 Å². The van der Waals surface area contributed by atoms with Crippen molar-refractivity contribution in [3.8, 4) is 17.2 Å². The van der Waals surface area contributed by atoms with Crippen molar-refractivity contribution in [1.82, 2.24) is 4.90 Å². The van der Waals surface area contributed by atoms with Crippen molar-refractivity contribution < 1.29 is 46.2 Å². The summed E-state index contributed by atoms with van der Waals surface area (Å²) in [4.78, 5) is 38.7. The van der Waals surface area contributed by atoms with Gasteiger partial charge in [0, 0.05) is 0 Å². The highest BCUT2D eigenvalue weighted by Gasteiger charge is 2.37. The van der Waals surface area contributed by atoms with Crippen LogP contribution in [0.5, 0.6) is 17.2 Å². The lowest BCUT2D eigenvalue weighted by Crippen LogP contribution is -2.36. The number of thioether (sulfide) groups is 1. The Morgan fingerprint density at radius 1 is 1.05 bits per heavy atom. The van der Waals surface area contributed by atoms with E-state index in [0.717, 1.165) is 12.1 Å². The fraction of sp³-hybridized carbons (Fsp3) is 0.179. The number of ether oxygens (including phenoxy) is 3. The van der Waals surface area contributed by atoms with Crippen LogP contribution in [0, 0.1) is 5.82 Å². The van der Waals surface area contributed by atoms with Crippen molar-refractivity contribution in [1.29, 1.82) is 0 Å². The fourth-order valence-corrected chi connectivity index (χ4v) is 4.96. The SMILES string of the molecule is COc1ccc(C(F)(F)F)cc1NC(=O)CN1C(=O)S/C(=C\c2cc(Cl)c(OCc3cccc(F)c3)c(OC)c2)C1=O. The summed E-state index contributed by atoms with van der Waals surface area (Å²) in [5, 5.41) is 1.61. The summed E-state index contributed by atoms with van der Waals surface area (Å²) >= 11 is 6.95. The van der Waals surface area contributed by atoms with Gasteiger partial charge < -0.3 is 19.5 Å². The molecule has 1 aliphatic rings. The maximum Gasteiger partial charge on any atom is 0.416 e. The monoisotopic (exact) mass is 624 g/mol. The molecule has 1 fully saturated rings. The molecule has 1 aliphatic heterocycles. The number of methoxy groups -OCH3 is 2.